The van der Waals surface area contributed by atoms with Gasteiger partial charge in [-0.2, -0.15) is 0 Å². The maximum absolute atomic E-state index is 12.6. The second-order valence-corrected chi connectivity index (χ2v) is 6.43. The Hall–Kier alpha value is -3.65. The molecule has 29 heavy (non-hydrogen) atoms. The minimum atomic E-state index is -0.542. The fourth-order valence-corrected chi connectivity index (χ4v) is 2.90. The van der Waals surface area contributed by atoms with E-state index in [0.29, 0.717) is 11.1 Å². The summed E-state index contributed by atoms with van der Waals surface area (Å²) < 4.78 is 6.89. The number of hydrogen-bond donors (Lipinski definition) is 2. The summed E-state index contributed by atoms with van der Waals surface area (Å²) in [6, 6.07) is 15.1. The monoisotopic (exact) mass is 396 g/mol. The highest BCUT2D eigenvalue weighted by Crippen LogP contribution is 2.29. The SMILES string of the molecule is O=c1c(OCc2ccccc2)c(O)c(Cc2ccc([N+](=O)[O-])cc2)cn1CCO. The average molecular weight is 396 g/mol. The largest absolute Gasteiger partial charge is 0.504 e. The quantitative estimate of drug-likeness (QED) is 0.447. The number of non-ortho nitro benzene ring substituents is 1. The first-order valence-electron chi connectivity index (χ1n) is 8.95. The van der Waals surface area contributed by atoms with Crippen LogP contribution in [0.1, 0.15) is 16.7 Å². The minimum Gasteiger partial charge on any atom is -0.504 e. The third kappa shape index (κ3) is 4.80. The predicted octanol–water partition coefficient (Wildman–Crippen LogP) is 2.62. The molecule has 1 heterocycles. The summed E-state index contributed by atoms with van der Waals surface area (Å²) in [5.74, 6) is -0.472. The van der Waals surface area contributed by atoms with Crippen molar-refractivity contribution in [3.8, 4) is 11.5 Å². The van der Waals surface area contributed by atoms with Crippen LogP contribution in [0.25, 0.3) is 0 Å². The molecule has 0 aliphatic rings. The summed E-state index contributed by atoms with van der Waals surface area (Å²) in [7, 11) is 0. The molecule has 8 heteroatoms. The van der Waals surface area contributed by atoms with Crippen molar-refractivity contribution in [2.24, 2.45) is 0 Å². The van der Waals surface area contributed by atoms with Gasteiger partial charge in [-0.05, 0) is 11.1 Å². The van der Waals surface area contributed by atoms with E-state index in [0.717, 1.165) is 5.56 Å². The van der Waals surface area contributed by atoms with E-state index < -0.39 is 10.5 Å². The van der Waals surface area contributed by atoms with Crippen LogP contribution in [0.15, 0.2) is 65.6 Å². The predicted molar refractivity (Wildman–Crippen MR) is 106 cm³/mol. The number of aliphatic hydroxyl groups excluding tert-OH is 1. The van der Waals surface area contributed by atoms with Crippen LogP contribution >= 0.6 is 0 Å². The normalized spacial score (nSPS) is 10.7. The van der Waals surface area contributed by atoms with Crippen LogP contribution in [-0.4, -0.2) is 26.3 Å². The van der Waals surface area contributed by atoms with E-state index in [1.54, 1.807) is 12.1 Å². The van der Waals surface area contributed by atoms with Gasteiger partial charge < -0.3 is 19.5 Å². The molecular weight excluding hydrogens is 376 g/mol. The van der Waals surface area contributed by atoms with Crippen LogP contribution in [0, 0.1) is 10.1 Å². The Kier molecular flexibility index (Phi) is 6.25. The number of aliphatic hydroxyl groups is 1. The molecule has 0 atom stereocenters. The van der Waals surface area contributed by atoms with E-state index in [2.05, 4.69) is 0 Å². The first-order chi connectivity index (χ1) is 14.0. The Bertz CT molecular complexity index is 1050. The van der Waals surface area contributed by atoms with Crippen molar-refractivity contribution in [3.63, 3.8) is 0 Å². The lowest BCUT2D eigenvalue weighted by Crippen LogP contribution is -2.24. The summed E-state index contributed by atoms with van der Waals surface area (Å²) in [6.45, 7) is -0.0996. The van der Waals surface area contributed by atoms with Gasteiger partial charge in [0.2, 0.25) is 5.75 Å². The van der Waals surface area contributed by atoms with Crippen molar-refractivity contribution >= 4 is 5.69 Å². The molecule has 0 bridgehead atoms. The first kappa shape index (κ1) is 20.1. The van der Waals surface area contributed by atoms with Gasteiger partial charge in [0.1, 0.15) is 6.61 Å². The van der Waals surface area contributed by atoms with Gasteiger partial charge in [-0.15, -0.1) is 0 Å². The van der Waals surface area contributed by atoms with Gasteiger partial charge in [0.05, 0.1) is 11.5 Å². The lowest BCUT2D eigenvalue weighted by Gasteiger charge is -2.15. The molecule has 0 unspecified atom stereocenters. The molecule has 1 aromatic heterocycles. The number of nitro benzene ring substituents is 1. The fourth-order valence-electron chi connectivity index (χ4n) is 2.90. The summed E-state index contributed by atoms with van der Waals surface area (Å²) in [6.07, 6.45) is 1.70. The minimum absolute atomic E-state index is 0.0323. The van der Waals surface area contributed by atoms with Gasteiger partial charge >= 0.3 is 0 Å². The van der Waals surface area contributed by atoms with E-state index in [4.69, 9.17) is 4.74 Å². The zero-order valence-corrected chi connectivity index (χ0v) is 15.5. The van der Waals surface area contributed by atoms with Crippen LogP contribution in [0.5, 0.6) is 11.5 Å². The van der Waals surface area contributed by atoms with E-state index in [9.17, 15) is 25.1 Å². The van der Waals surface area contributed by atoms with Gasteiger partial charge in [-0.25, -0.2) is 0 Å². The second kappa shape index (κ2) is 9.03. The molecule has 3 aromatic rings. The van der Waals surface area contributed by atoms with E-state index in [1.807, 2.05) is 30.3 Å². The van der Waals surface area contributed by atoms with E-state index in [1.165, 1.54) is 22.9 Å². The zero-order chi connectivity index (χ0) is 20.8. The van der Waals surface area contributed by atoms with Crippen LogP contribution < -0.4 is 10.3 Å². The van der Waals surface area contributed by atoms with Crippen molar-refractivity contribution in [1.29, 1.82) is 0 Å². The average Bonchev–Trinajstić information content (AvgIpc) is 2.73. The molecule has 0 saturated carbocycles. The van der Waals surface area contributed by atoms with Crippen LogP contribution in [0.3, 0.4) is 0 Å². The zero-order valence-electron chi connectivity index (χ0n) is 15.5. The van der Waals surface area contributed by atoms with E-state index in [-0.39, 0.29) is 43.4 Å². The smallest absolute Gasteiger partial charge is 0.296 e. The third-order valence-electron chi connectivity index (χ3n) is 4.39. The first-order valence-corrected chi connectivity index (χ1v) is 8.95. The Labute approximate surface area is 166 Å². The molecule has 0 saturated heterocycles. The number of nitrogens with zero attached hydrogens (tertiary/aromatic N) is 2. The number of hydrogen-bond acceptors (Lipinski definition) is 6. The maximum atomic E-state index is 12.6. The summed E-state index contributed by atoms with van der Waals surface area (Å²) in [5, 5.41) is 30.7. The van der Waals surface area contributed by atoms with Gasteiger partial charge in [0, 0.05) is 36.9 Å². The number of ether oxygens (including phenoxy) is 1. The van der Waals surface area contributed by atoms with Gasteiger partial charge in [-0.3, -0.25) is 14.9 Å². The Morgan fingerprint density at radius 3 is 2.34 bits per heavy atom. The summed E-state index contributed by atoms with van der Waals surface area (Å²) >= 11 is 0. The van der Waals surface area contributed by atoms with Crippen molar-refractivity contribution in [1.82, 2.24) is 4.57 Å². The van der Waals surface area contributed by atoms with Gasteiger partial charge in [0.15, 0.2) is 5.75 Å². The highest BCUT2D eigenvalue weighted by Gasteiger charge is 2.17. The number of aromatic nitrogens is 1. The summed E-state index contributed by atoms with van der Waals surface area (Å²) in [5.41, 5.74) is 1.39. The van der Waals surface area contributed by atoms with Crippen LogP contribution in [0.2, 0.25) is 0 Å². The van der Waals surface area contributed by atoms with Crippen molar-refractivity contribution in [2.75, 3.05) is 6.61 Å². The molecule has 2 aromatic carbocycles. The van der Waals surface area contributed by atoms with Gasteiger partial charge in [0.25, 0.3) is 11.2 Å². The fraction of sp³-hybridized carbons (Fsp3) is 0.190. The highest BCUT2D eigenvalue weighted by molar-refractivity contribution is 5.46. The summed E-state index contributed by atoms with van der Waals surface area (Å²) in [4.78, 5) is 22.9. The molecule has 0 fully saturated rings. The molecule has 0 aliphatic carbocycles. The lowest BCUT2D eigenvalue weighted by atomic mass is 10.0. The Morgan fingerprint density at radius 1 is 1.03 bits per heavy atom. The highest BCUT2D eigenvalue weighted by atomic mass is 16.6. The number of rotatable bonds is 8. The maximum Gasteiger partial charge on any atom is 0.296 e. The van der Waals surface area contributed by atoms with Crippen LogP contribution in [-0.2, 0) is 19.6 Å². The number of nitro groups is 1. The Balaban J connectivity index is 1.92. The standard InChI is InChI=1S/C21H20N2O6/c24-11-10-22-13-17(12-15-6-8-18(9-7-15)23(27)28)19(25)20(21(22)26)29-14-16-4-2-1-3-5-16/h1-9,13,24-25H,10-12,14H2. The third-order valence-corrected chi connectivity index (χ3v) is 4.39. The number of pyridine rings is 1. The molecule has 3 rings (SSSR count). The molecule has 150 valence electrons. The topological polar surface area (TPSA) is 115 Å². The van der Waals surface area contributed by atoms with Crippen LogP contribution in [0.4, 0.5) is 5.69 Å². The van der Waals surface area contributed by atoms with Crippen molar-refractivity contribution in [3.05, 3.63) is 98.0 Å². The van der Waals surface area contributed by atoms with Crippen molar-refractivity contribution < 1.29 is 19.9 Å². The molecule has 8 nitrogen and oxygen atoms in total. The second-order valence-electron chi connectivity index (χ2n) is 6.43. The molecule has 0 amide bonds. The molecular formula is C21H20N2O6. The van der Waals surface area contributed by atoms with Gasteiger partial charge in [-0.1, -0.05) is 42.5 Å². The lowest BCUT2D eigenvalue weighted by molar-refractivity contribution is -0.384. The molecule has 0 aliphatic heterocycles. The Morgan fingerprint density at radius 2 is 1.72 bits per heavy atom. The molecule has 2 N–H and O–H groups in total. The number of benzene rings is 2. The molecule has 0 radical (unpaired) electrons. The van der Waals surface area contributed by atoms with E-state index >= 15 is 0 Å². The van der Waals surface area contributed by atoms with Crippen molar-refractivity contribution in [2.45, 2.75) is 19.6 Å². The molecule has 0 spiro atoms. The number of aromatic hydroxyl groups is 1.